The molecule has 0 unspecified atom stereocenters. The molecule has 57 heavy (non-hydrogen) atoms. The first-order valence-corrected chi connectivity index (χ1v) is 19.7. The lowest BCUT2D eigenvalue weighted by molar-refractivity contribution is 0.662. The molecule has 2 heteroatoms. The Kier molecular flexibility index (Phi) is 7.55. The number of fused-ring (bicyclic) bond motifs is 7. The highest BCUT2D eigenvalue weighted by molar-refractivity contribution is 6.06. The van der Waals surface area contributed by atoms with Gasteiger partial charge in [0.2, 0.25) is 0 Å². The summed E-state index contributed by atoms with van der Waals surface area (Å²) in [5.41, 5.74) is 15.3. The number of benzene rings is 9. The molecule has 0 amide bonds. The summed E-state index contributed by atoms with van der Waals surface area (Å²) in [4.78, 5) is 10.3. The quantitative estimate of drug-likeness (QED) is 0.176. The fourth-order valence-corrected chi connectivity index (χ4v) is 9.29. The van der Waals surface area contributed by atoms with Gasteiger partial charge in [-0.25, -0.2) is 9.97 Å². The summed E-state index contributed by atoms with van der Waals surface area (Å²) >= 11 is 0. The monoisotopic (exact) mass is 726 g/mol. The van der Waals surface area contributed by atoms with Gasteiger partial charge in [-0.05, 0) is 89.0 Å². The molecule has 1 aliphatic rings. The first-order valence-electron chi connectivity index (χ1n) is 19.7. The van der Waals surface area contributed by atoms with E-state index >= 15 is 0 Å². The van der Waals surface area contributed by atoms with Gasteiger partial charge in [0, 0.05) is 22.1 Å². The van der Waals surface area contributed by atoms with Crippen LogP contribution in [0.4, 0.5) is 0 Å². The van der Waals surface area contributed by atoms with Crippen LogP contribution in [0.3, 0.4) is 0 Å². The third kappa shape index (κ3) is 5.40. The topological polar surface area (TPSA) is 25.8 Å². The van der Waals surface area contributed by atoms with Gasteiger partial charge in [-0.2, -0.15) is 0 Å². The summed E-state index contributed by atoms with van der Waals surface area (Å²) in [5.74, 6) is 0.715. The Bertz CT molecular complexity index is 3190. The van der Waals surface area contributed by atoms with Crippen LogP contribution in [0, 0.1) is 0 Å². The van der Waals surface area contributed by atoms with Gasteiger partial charge < -0.3 is 0 Å². The third-order valence-corrected chi connectivity index (χ3v) is 12.1. The molecule has 11 rings (SSSR count). The van der Waals surface area contributed by atoms with Crippen LogP contribution in [0.5, 0.6) is 0 Å². The van der Waals surface area contributed by atoms with Crippen molar-refractivity contribution in [3.63, 3.8) is 0 Å². The molecule has 10 aromatic rings. The molecule has 1 heterocycles. The Hall–Kier alpha value is -7.16. The van der Waals surface area contributed by atoms with Crippen molar-refractivity contribution in [1.29, 1.82) is 0 Å². The minimum absolute atomic E-state index is 0.120. The maximum absolute atomic E-state index is 5.22. The lowest BCUT2D eigenvalue weighted by Crippen LogP contribution is -2.16. The van der Waals surface area contributed by atoms with E-state index in [1.165, 1.54) is 71.4 Å². The molecule has 0 bridgehead atoms. The first-order chi connectivity index (χ1) is 28.0. The second-order valence-corrected chi connectivity index (χ2v) is 15.7. The van der Waals surface area contributed by atoms with Gasteiger partial charge >= 0.3 is 0 Å². The zero-order valence-corrected chi connectivity index (χ0v) is 31.9. The van der Waals surface area contributed by atoms with E-state index in [0.717, 1.165) is 33.5 Å². The number of nitrogens with zero attached hydrogens (tertiary/aromatic N) is 2. The smallest absolute Gasteiger partial charge is 0.160 e. The normalized spacial score (nSPS) is 12.9. The van der Waals surface area contributed by atoms with Crippen LogP contribution < -0.4 is 0 Å². The predicted molar refractivity (Wildman–Crippen MR) is 239 cm³/mol. The molecule has 0 atom stereocenters. The van der Waals surface area contributed by atoms with Crippen LogP contribution in [0.15, 0.2) is 194 Å². The third-order valence-electron chi connectivity index (χ3n) is 12.1. The highest BCUT2D eigenvalue weighted by atomic mass is 14.9. The summed E-state index contributed by atoms with van der Waals surface area (Å²) in [7, 11) is 0. The Morgan fingerprint density at radius 3 is 1.72 bits per heavy atom. The van der Waals surface area contributed by atoms with E-state index in [0.29, 0.717) is 5.82 Å². The average Bonchev–Trinajstić information content (AvgIpc) is 3.52. The Morgan fingerprint density at radius 1 is 0.351 bits per heavy atom. The second-order valence-electron chi connectivity index (χ2n) is 15.7. The van der Waals surface area contributed by atoms with Crippen molar-refractivity contribution in [3.8, 4) is 67.3 Å². The van der Waals surface area contributed by atoms with Crippen LogP contribution in [0.25, 0.3) is 99.6 Å². The average molecular weight is 727 g/mol. The highest BCUT2D eigenvalue weighted by Crippen LogP contribution is 2.54. The van der Waals surface area contributed by atoms with E-state index in [1.807, 2.05) is 18.2 Å². The van der Waals surface area contributed by atoms with Crippen molar-refractivity contribution in [1.82, 2.24) is 9.97 Å². The SMILES string of the molecule is CC1(C)c2ccc3ccccc3c2-c2cccc(-c3ccc(-c4ccc(-c5cc(-c6ccc7ccccc7c6)nc(-c6ccccc6)n5)c5ccccc45)cc3)c21. The first kappa shape index (κ1) is 33.2. The van der Waals surface area contributed by atoms with Crippen LogP contribution in [-0.4, -0.2) is 9.97 Å². The number of aromatic nitrogens is 2. The van der Waals surface area contributed by atoms with Crippen molar-refractivity contribution >= 4 is 32.3 Å². The minimum Gasteiger partial charge on any atom is -0.228 e. The lowest BCUT2D eigenvalue weighted by atomic mass is 9.78. The van der Waals surface area contributed by atoms with Crippen molar-refractivity contribution in [2.75, 3.05) is 0 Å². The van der Waals surface area contributed by atoms with Gasteiger partial charge in [-0.15, -0.1) is 0 Å². The van der Waals surface area contributed by atoms with Gasteiger partial charge in [0.25, 0.3) is 0 Å². The van der Waals surface area contributed by atoms with E-state index in [4.69, 9.17) is 9.97 Å². The van der Waals surface area contributed by atoms with Crippen LogP contribution in [0.1, 0.15) is 25.0 Å². The van der Waals surface area contributed by atoms with Crippen LogP contribution in [0.2, 0.25) is 0 Å². The van der Waals surface area contributed by atoms with E-state index in [-0.39, 0.29) is 5.41 Å². The van der Waals surface area contributed by atoms with E-state index in [9.17, 15) is 0 Å². The van der Waals surface area contributed by atoms with Crippen molar-refractivity contribution in [3.05, 3.63) is 205 Å². The fraction of sp³-hybridized carbons (Fsp3) is 0.0545. The van der Waals surface area contributed by atoms with Gasteiger partial charge in [0.15, 0.2) is 5.82 Å². The summed E-state index contributed by atoms with van der Waals surface area (Å²) in [6.07, 6.45) is 0. The molecule has 0 spiro atoms. The number of hydrogen-bond donors (Lipinski definition) is 0. The molecule has 9 aromatic carbocycles. The molecule has 0 saturated carbocycles. The molecule has 0 N–H and O–H groups in total. The number of hydrogen-bond acceptors (Lipinski definition) is 2. The van der Waals surface area contributed by atoms with Gasteiger partial charge in [0.05, 0.1) is 11.4 Å². The van der Waals surface area contributed by atoms with E-state index in [1.54, 1.807) is 0 Å². The molecule has 0 aliphatic heterocycles. The van der Waals surface area contributed by atoms with Crippen LogP contribution in [-0.2, 0) is 5.41 Å². The van der Waals surface area contributed by atoms with Gasteiger partial charge in [0.1, 0.15) is 0 Å². The standard InChI is InChI=1S/C55H38N2/c1-55(2)49-32-29-36-14-8-9-18-43(36)52(49)48-22-12-21-44(53(48)55)38-26-24-37(25-27-38)42-30-31-47(46-20-11-10-19-45(42)46)51-34-50(56-54(57-51)39-15-4-3-5-16-39)41-28-23-35-13-6-7-17-40(35)33-41/h3-34H,1-2H3. The molecule has 0 radical (unpaired) electrons. The highest BCUT2D eigenvalue weighted by Gasteiger charge is 2.38. The summed E-state index contributed by atoms with van der Waals surface area (Å²) < 4.78 is 0. The molecule has 1 aliphatic carbocycles. The lowest BCUT2D eigenvalue weighted by Gasteiger charge is -2.24. The second kappa shape index (κ2) is 13.0. The summed E-state index contributed by atoms with van der Waals surface area (Å²) in [5, 5.41) is 7.37. The summed E-state index contributed by atoms with van der Waals surface area (Å²) in [6, 6.07) is 70.1. The predicted octanol–water partition coefficient (Wildman–Crippen LogP) is 14.6. The molecule has 2 nitrogen and oxygen atoms in total. The van der Waals surface area contributed by atoms with Crippen molar-refractivity contribution < 1.29 is 0 Å². The molecule has 268 valence electrons. The minimum atomic E-state index is -0.120. The maximum Gasteiger partial charge on any atom is 0.160 e. The van der Waals surface area contributed by atoms with Gasteiger partial charge in [-0.3, -0.25) is 0 Å². The molecule has 0 fully saturated rings. The zero-order chi connectivity index (χ0) is 38.1. The molecule has 0 saturated heterocycles. The molecular formula is C55H38N2. The Balaban J connectivity index is 1.01. The Labute approximate surface area is 332 Å². The van der Waals surface area contributed by atoms with Crippen molar-refractivity contribution in [2.24, 2.45) is 0 Å². The molecular weight excluding hydrogens is 689 g/mol. The van der Waals surface area contributed by atoms with Gasteiger partial charge in [-0.1, -0.05) is 196 Å². The summed E-state index contributed by atoms with van der Waals surface area (Å²) in [6.45, 7) is 4.76. The fourth-order valence-electron chi connectivity index (χ4n) is 9.29. The largest absolute Gasteiger partial charge is 0.228 e. The maximum atomic E-state index is 5.22. The van der Waals surface area contributed by atoms with E-state index in [2.05, 4.69) is 190 Å². The zero-order valence-electron chi connectivity index (χ0n) is 31.9. The van der Waals surface area contributed by atoms with Crippen molar-refractivity contribution in [2.45, 2.75) is 19.3 Å². The Morgan fingerprint density at radius 2 is 0.930 bits per heavy atom. The molecule has 1 aromatic heterocycles. The number of rotatable bonds is 5. The van der Waals surface area contributed by atoms with Crippen LogP contribution >= 0.6 is 0 Å². The van der Waals surface area contributed by atoms with E-state index < -0.39 is 0 Å².